The van der Waals surface area contributed by atoms with Gasteiger partial charge in [-0.25, -0.2) is 4.39 Å². The maximum absolute atomic E-state index is 12.9. The summed E-state index contributed by atoms with van der Waals surface area (Å²) in [5.74, 6) is -1.29. The maximum Gasteiger partial charge on any atom is 0.180 e. The van der Waals surface area contributed by atoms with Gasteiger partial charge in [-0.2, -0.15) is 0 Å². The Kier molecular flexibility index (Phi) is 3.06. The van der Waals surface area contributed by atoms with E-state index in [1.807, 2.05) is 0 Å². The van der Waals surface area contributed by atoms with Crippen LogP contribution in [0.3, 0.4) is 0 Å². The smallest absolute Gasteiger partial charge is 0.180 e. The Morgan fingerprint density at radius 1 is 1.50 bits per heavy atom. The summed E-state index contributed by atoms with van der Waals surface area (Å²) in [4.78, 5) is 11.0. The summed E-state index contributed by atoms with van der Waals surface area (Å²) >= 11 is 10.8. The topological polar surface area (TPSA) is 17.1 Å². The van der Waals surface area contributed by atoms with Crippen molar-refractivity contribution in [1.82, 2.24) is 0 Å². The van der Waals surface area contributed by atoms with Crippen LogP contribution in [0.2, 0.25) is 5.02 Å². The molecule has 1 aromatic carbocycles. The molecule has 0 saturated heterocycles. The molecule has 1 aromatic rings. The number of hydrogen-bond acceptors (Lipinski definition) is 1. The van der Waals surface area contributed by atoms with Gasteiger partial charge >= 0.3 is 0 Å². The third-order valence-corrected chi connectivity index (χ3v) is 1.83. The molecule has 64 valence electrons. The van der Waals surface area contributed by atoms with E-state index in [0.717, 1.165) is 6.07 Å². The highest BCUT2D eigenvalue weighted by Crippen LogP contribution is 2.15. The summed E-state index contributed by atoms with van der Waals surface area (Å²) in [6.07, 6.45) is 0. The molecule has 4 heteroatoms. The Morgan fingerprint density at radius 3 is 2.75 bits per heavy atom. The second kappa shape index (κ2) is 3.87. The van der Waals surface area contributed by atoms with Crippen LogP contribution in [0.1, 0.15) is 10.4 Å². The van der Waals surface area contributed by atoms with E-state index in [9.17, 15) is 9.18 Å². The quantitative estimate of drug-likeness (QED) is 0.538. The summed E-state index contributed by atoms with van der Waals surface area (Å²) in [5.41, 5.74) is -0.0579. The fraction of sp³-hybridized carbons (Fsp3) is 0.125. The van der Waals surface area contributed by atoms with E-state index in [0.29, 0.717) is 5.02 Å². The number of carbonyl (C=O) groups excluding carboxylic acids is 1. The summed E-state index contributed by atoms with van der Waals surface area (Å²) in [6, 6.07) is 3.78. The van der Waals surface area contributed by atoms with Crippen molar-refractivity contribution in [2.24, 2.45) is 0 Å². The van der Waals surface area contributed by atoms with Crippen LogP contribution in [0.15, 0.2) is 18.2 Å². The maximum atomic E-state index is 12.9. The van der Waals surface area contributed by atoms with Gasteiger partial charge in [-0.1, -0.05) is 11.6 Å². The van der Waals surface area contributed by atoms with Crippen LogP contribution in [0.4, 0.5) is 4.39 Å². The first-order valence-corrected chi connectivity index (χ1v) is 4.10. The number of rotatable bonds is 2. The molecule has 0 aliphatic heterocycles. The molecule has 0 saturated carbocycles. The van der Waals surface area contributed by atoms with E-state index < -0.39 is 11.6 Å². The zero-order chi connectivity index (χ0) is 9.14. The van der Waals surface area contributed by atoms with Gasteiger partial charge in [0.25, 0.3) is 0 Å². The Hall–Kier alpha value is -0.600. The molecule has 0 spiro atoms. The number of halogens is 3. The summed E-state index contributed by atoms with van der Waals surface area (Å²) in [5, 5.41) is 0.324. The Bertz CT molecular complexity index is 312. The zero-order valence-corrected chi connectivity index (χ0v) is 7.49. The van der Waals surface area contributed by atoms with Gasteiger partial charge in [0.1, 0.15) is 5.82 Å². The van der Waals surface area contributed by atoms with Crippen molar-refractivity contribution in [3.8, 4) is 0 Å². The predicted molar refractivity (Wildman–Crippen MR) is 46.5 cm³/mol. The first kappa shape index (κ1) is 9.49. The Balaban J connectivity index is 3.13. The second-order valence-corrected chi connectivity index (χ2v) is 2.88. The van der Waals surface area contributed by atoms with Crippen molar-refractivity contribution in [2.45, 2.75) is 0 Å². The largest absolute Gasteiger partial charge is 0.293 e. The molecule has 1 nitrogen and oxygen atoms in total. The molecule has 0 unspecified atom stereocenters. The van der Waals surface area contributed by atoms with Crippen molar-refractivity contribution in [3.05, 3.63) is 34.6 Å². The van der Waals surface area contributed by atoms with Crippen LogP contribution in [0, 0.1) is 5.82 Å². The molecule has 1 rings (SSSR count). The van der Waals surface area contributed by atoms with Gasteiger partial charge in [-0.05, 0) is 18.2 Å². The SMILES string of the molecule is O=C(CCl)c1cc(Cl)ccc1F. The van der Waals surface area contributed by atoms with Crippen molar-refractivity contribution in [3.63, 3.8) is 0 Å². The number of carbonyl (C=O) groups is 1. The molecule has 0 aliphatic carbocycles. The number of benzene rings is 1. The molecule has 0 aromatic heterocycles. The van der Waals surface area contributed by atoms with Crippen molar-refractivity contribution >= 4 is 29.0 Å². The normalized spacial score (nSPS) is 9.92. The third kappa shape index (κ3) is 1.96. The highest BCUT2D eigenvalue weighted by Gasteiger charge is 2.10. The van der Waals surface area contributed by atoms with Crippen LogP contribution in [-0.4, -0.2) is 11.7 Å². The average molecular weight is 207 g/mol. The van der Waals surface area contributed by atoms with Gasteiger partial charge in [-0.3, -0.25) is 4.79 Å². The molecule has 0 amide bonds. The lowest BCUT2D eigenvalue weighted by atomic mass is 10.1. The number of Topliss-reactive ketones (excluding diaryl/α,β-unsaturated/α-hetero) is 1. The highest BCUT2D eigenvalue weighted by molar-refractivity contribution is 6.32. The number of alkyl halides is 1. The molecule has 0 N–H and O–H groups in total. The molecule has 0 atom stereocenters. The molecule has 0 radical (unpaired) electrons. The lowest BCUT2D eigenvalue weighted by molar-refractivity contribution is 0.101. The molecule has 12 heavy (non-hydrogen) atoms. The monoisotopic (exact) mass is 206 g/mol. The van der Waals surface area contributed by atoms with Gasteiger partial charge in [0.15, 0.2) is 5.78 Å². The fourth-order valence-electron chi connectivity index (χ4n) is 0.783. The average Bonchev–Trinajstić information content (AvgIpc) is 2.08. The number of hydrogen-bond donors (Lipinski definition) is 0. The molecule has 0 aliphatic rings. The zero-order valence-electron chi connectivity index (χ0n) is 5.98. The van der Waals surface area contributed by atoms with Gasteiger partial charge < -0.3 is 0 Å². The van der Waals surface area contributed by atoms with E-state index in [1.54, 1.807) is 0 Å². The van der Waals surface area contributed by atoms with Crippen LogP contribution < -0.4 is 0 Å². The van der Waals surface area contributed by atoms with Crippen molar-refractivity contribution < 1.29 is 9.18 Å². The predicted octanol–water partition coefficient (Wildman–Crippen LogP) is 2.90. The van der Waals surface area contributed by atoms with Gasteiger partial charge in [0.2, 0.25) is 0 Å². The third-order valence-electron chi connectivity index (χ3n) is 1.35. The van der Waals surface area contributed by atoms with Gasteiger partial charge in [0, 0.05) is 5.02 Å². The summed E-state index contributed by atoms with van der Waals surface area (Å²) in [6.45, 7) is 0. The van der Waals surface area contributed by atoms with E-state index in [-0.39, 0.29) is 11.4 Å². The molecular weight excluding hydrogens is 202 g/mol. The second-order valence-electron chi connectivity index (χ2n) is 2.18. The minimum Gasteiger partial charge on any atom is -0.293 e. The van der Waals surface area contributed by atoms with Crippen LogP contribution in [0.25, 0.3) is 0 Å². The lowest BCUT2D eigenvalue weighted by Gasteiger charge is -1.98. The minimum atomic E-state index is -0.593. The van der Waals surface area contributed by atoms with E-state index in [4.69, 9.17) is 23.2 Å². The fourth-order valence-corrected chi connectivity index (χ4v) is 1.10. The first-order valence-electron chi connectivity index (χ1n) is 3.19. The van der Waals surface area contributed by atoms with Crippen LogP contribution >= 0.6 is 23.2 Å². The lowest BCUT2D eigenvalue weighted by Crippen LogP contribution is -2.03. The van der Waals surface area contributed by atoms with Crippen LogP contribution in [-0.2, 0) is 0 Å². The standard InChI is InChI=1S/C8H5Cl2FO/c9-4-8(12)6-3-5(10)1-2-7(6)11/h1-3H,4H2. The van der Waals surface area contributed by atoms with E-state index in [2.05, 4.69) is 0 Å². The Morgan fingerprint density at radius 2 is 2.17 bits per heavy atom. The molecule has 0 bridgehead atoms. The van der Waals surface area contributed by atoms with Crippen molar-refractivity contribution in [2.75, 3.05) is 5.88 Å². The van der Waals surface area contributed by atoms with Gasteiger partial charge in [-0.15, -0.1) is 11.6 Å². The van der Waals surface area contributed by atoms with Crippen molar-refractivity contribution in [1.29, 1.82) is 0 Å². The molecule has 0 heterocycles. The molecule has 0 fully saturated rings. The minimum absolute atomic E-state index is 0.0579. The Labute approximate surface area is 79.1 Å². The summed E-state index contributed by atoms with van der Waals surface area (Å²) in [7, 11) is 0. The highest BCUT2D eigenvalue weighted by atomic mass is 35.5. The first-order chi connectivity index (χ1) is 5.65. The van der Waals surface area contributed by atoms with Crippen LogP contribution in [0.5, 0.6) is 0 Å². The number of ketones is 1. The van der Waals surface area contributed by atoms with E-state index >= 15 is 0 Å². The molecular formula is C8H5Cl2FO. The van der Waals surface area contributed by atoms with E-state index in [1.165, 1.54) is 12.1 Å². The summed E-state index contributed by atoms with van der Waals surface area (Å²) < 4.78 is 12.9. The van der Waals surface area contributed by atoms with Gasteiger partial charge in [0.05, 0.1) is 11.4 Å².